The van der Waals surface area contributed by atoms with Crippen LogP contribution < -0.4 is 9.80 Å². The van der Waals surface area contributed by atoms with Crippen molar-refractivity contribution in [3.8, 4) is 0 Å². The molecule has 2 aromatic rings. The lowest BCUT2D eigenvalue weighted by Gasteiger charge is -2.14. The van der Waals surface area contributed by atoms with E-state index in [1.807, 2.05) is 0 Å². The number of anilines is 2. The molecule has 0 aliphatic heterocycles. The number of aryl methyl sites for hydroxylation is 2. The summed E-state index contributed by atoms with van der Waals surface area (Å²) < 4.78 is 0. The molecule has 0 saturated heterocycles. The van der Waals surface area contributed by atoms with Gasteiger partial charge in [-0.15, -0.1) is 0 Å². The molecule has 2 aromatic carbocycles. The molecule has 0 N–H and O–H groups in total. The molecule has 20 heavy (non-hydrogen) atoms. The summed E-state index contributed by atoms with van der Waals surface area (Å²) in [7, 11) is 8.22. The van der Waals surface area contributed by atoms with E-state index in [0.29, 0.717) is 0 Å². The molecule has 0 spiro atoms. The van der Waals surface area contributed by atoms with E-state index in [2.05, 4.69) is 100 Å². The summed E-state index contributed by atoms with van der Waals surface area (Å²) in [5, 5.41) is 0. The maximum Gasteiger partial charge on any atom is 0.0390 e. The molecule has 0 radical (unpaired) electrons. The molecule has 108 valence electrons. The van der Waals surface area contributed by atoms with E-state index in [1.54, 1.807) is 0 Å². The van der Waals surface area contributed by atoms with Gasteiger partial charge in [0.2, 0.25) is 0 Å². The average molecular weight is 270 g/mol. The lowest BCUT2D eigenvalue weighted by atomic mass is 10.2. The highest BCUT2D eigenvalue weighted by Crippen LogP contribution is 2.15. The molecule has 0 atom stereocenters. The molecule has 0 fully saturated rings. The standard InChI is InChI=1S/2C9H13N/c1-8-5-4-6-9(7-8)10(2)3;1-8-6-4-5-7-9(8)10(2)3/h2*4-7H,1-3H3. The van der Waals surface area contributed by atoms with Crippen molar-refractivity contribution in [3.63, 3.8) is 0 Å². The molecule has 0 unspecified atom stereocenters. The highest BCUT2D eigenvalue weighted by molar-refractivity contribution is 5.51. The van der Waals surface area contributed by atoms with E-state index in [1.165, 1.54) is 22.5 Å². The van der Waals surface area contributed by atoms with Crippen LogP contribution in [0.4, 0.5) is 11.4 Å². The van der Waals surface area contributed by atoms with Gasteiger partial charge in [-0.3, -0.25) is 0 Å². The second-order valence-electron chi connectivity index (χ2n) is 5.41. The van der Waals surface area contributed by atoms with Crippen molar-refractivity contribution in [2.75, 3.05) is 38.0 Å². The van der Waals surface area contributed by atoms with Crippen LogP contribution in [0.1, 0.15) is 11.1 Å². The van der Waals surface area contributed by atoms with E-state index in [-0.39, 0.29) is 0 Å². The zero-order valence-electron chi connectivity index (χ0n) is 13.5. The first-order valence-electron chi connectivity index (χ1n) is 6.88. The van der Waals surface area contributed by atoms with Crippen LogP contribution in [0, 0.1) is 13.8 Å². The normalized spacial score (nSPS) is 9.50. The molecule has 0 saturated carbocycles. The third-order valence-electron chi connectivity index (χ3n) is 3.12. The fourth-order valence-corrected chi connectivity index (χ4v) is 1.97. The third kappa shape index (κ3) is 4.96. The van der Waals surface area contributed by atoms with E-state index >= 15 is 0 Å². The Hall–Kier alpha value is -1.96. The van der Waals surface area contributed by atoms with E-state index in [9.17, 15) is 0 Å². The Kier molecular flexibility index (Phi) is 6.10. The van der Waals surface area contributed by atoms with E-state index < -0.39 is 0 Å². The van der Waals surface area contributed by atoms with Crippen molar-refractivity contribution in [1.82, 2.24) is 0 Å². The van der Waals surface area contributed by atoms with Crippen molar-refractivity contribution in [1.29, 1.82) is 0 Å². The second kappa shape index (κ2) is 7.59. The zero-order chi connectivity index (χ0) is 15.1. The van der Waals surface area contributed by atoms with Gasteiger partial charge in [-0.2, -0.15) is 0 Å². The smallest absolute Gasteiger partial charge is 0.0390 e. The molecule has 0 aliphatic carbocycles. The Balaban J connectivity index is 0.000000200. The summed E-state index contributed by atoms with van der Waals surface area (Å²) in [6.07, 6.45) is 0. The average Bonchev–Trinajstić information content (AvgIpc) is 2.39. The van der Waals surface area contributed by atoms with Crippen LogP contribution in [-0.4, -0.2) is 28.2 Å². The quantitative estimate of drug-likeness (QED) is 0.810. The maximum absolute atomic E-state index is 2.17. The molecular formula is C18H26N2. The van der Waals surface area contributed by atoms with Gasteiger partial charge in [0.25, 0.3) is 0 Å². The molecule has 2 nitrogen and oxygen atoms in total. The summed E-state index contributed by atoms with van der Waals surface area (Å²) >= 11 is 0. The molecule has 0 aromatic heterocycles. The van der Waals surface area contributed by atoms with Gasteiger partial charge < -0.3 is 9.80 Å². The predicted octanol–water partition coefficient (Wildman–Crippen LogP) is 4.12. The van der Waals surface area contributed by atoms with Gasteiger partial charge in [0.1, 0.15) is 0 Å². The molecule has 2 heteroatoms. The largest absolute Gasteiger partial charge is 0.378 e. The van der Waals surface area contributed by atoms with Gasteiger partial charge in [0.15, 0.2) is 0 Å². The third-order valence-corrected chi connectivity index (χ3v) is 3.12. The minimum atomic E-state index is 1.26. The van der Waals surface area contributed by atoms with Crippen LogP contribution in [0.25, 0.3) is 0 Å². The van der Waals surface area contributed by atoms with Gasteiger partial charge in [0.05, 0.1) is 0 Å². The van der Waals surface area contributed by atoms with Crippen LogP contribution in [0.15, 0.2) is 48.5 Å². The number of rotatable bonds is 2. The van der Waals surface area contributed by atoms with Crippen molar-refractivity contribution in [2.24, 2.45) is 0 Å². The van der Waals surface area contributed by atoms with Crippen LogP contribution >= 0.6 is 0 Å². The first-order valence-corrected chi connectivity index (χ1v) is 6.88. The minimum Gasteiger partial charge on any atom is -0.378 e. The van der Waals surface area contributed by atoms with Crippen LogP contribution in [-0.2, 0) is 0 Å². The first-order chi connectivity index (χ1) is 9.41. The summed E-state index contributed by atoms with van der Waals surface area (Å²) in [4.78, 5) is 4.22. The summed E-state index contributed by atoms with van der Waals surface area (Å²) in [6.45, 7) is 4.22. The second-order valence-corrected chi connectivity index (χ2v) is 5.41. The SMILES string of the molecule is Cc1cccc(N(C)C)c1.Cc1ccccc1N(C)C. The molecule has 0 aliphatic rings. The fraction of sp³-hybridized carbons (Fsp3) is 0.333. The summed E-state index contributed by atoms with van der Waals surface area (Å²) in [6, 6.07) is 16.8. The Morgan fingerprint density at radius 1 is 0.700 bits per heavy atom. The van der Waals surface area contributed by atoms with Gasteiger partial charge >= 0.3 is 0 Å². The number of hydrogen-bond donors (Lipinski definition) is 0. The van der Waals surface area contributed by atoms with Gasteiger partial charge in [-0.05, 0) is 43.2 Å². The number of hydrogen-bond acceptors (Lipinski definition) is 2. The predicted molar refractivity (Wildman–Crippen MR) is 91.0 cm³/mol. The highest BCUT2D eigenvalue weighted by Gasteiger charge is 1.95. The van der Waals surface area contributed by atoms with Crippen LogP contribution in [0.5, 0.6) is 0 Å². The van der Waals surface area contributed by atoms with Gasteiger partial charge in [-0.25, -0.2) is 0 Å². The Bertz CT molecular complexity index is 530. The summed E-state index contributed by atoms with van der Waals surface area (Å²) in [5.74, 6) is 0. The van der Waals surface area contributed by atoms with Crippen LogP contribution in [0.3, 0.4) is 0 Å². The molecule has 0 bridgehead atoms. The Morgan fingerprint density at radius 2 is 1.35 bits per heavy atom. The molecule has 0 amide bonds. The molecule has 0 heterocycles. The number of benzene rings is 2. The minimum absolute atomic E-state index is 1.26. The van der Waals surface area contributed by atoms with Crippen LogP contribution in [0.2, 0.25) is 0 Å². The van der Waals surface area contributed by atoms with E-state index in [4.69, 9.17) is 0 Å². The van der Waals surface area contributed by atoms with E-state index in [0.717, 1.165) is 0 Å². The number of para-hydroxylation sites is 1. The first kappa shape index (κ1) is 16.1. The maximum atomic E-state index is 2.17. The van der Waals surface area contributed by atoms with Gasteiger partial charge in [0, 0.05) is 39.6 Å². The lowest BCUT2D eigenvalue weighted by Crippen LogP contribution is -2.09. The monoisotopic (exact) mass is 270 g/mol. The Morgan fingerprint density at radius 3 is 1.75 bits per heavy atom. The highest BCUT2D eigenvalue weighted by atomic mass is 15.1. The van der Waals surface area contributed by atoms with Gasteiger partial charge in [-0.1, -0.05) is 30.3 Å². The summed E-state index contributed by atoms with van der Waals surface area (Å²) in [5.41, 5.74) is 5.20. The fourth-order valence-electron chi connectivity index (χ4n) is 1.97. The van der Waals surface area contributed by atoms with Crippen molar-refractivity contribution in [2.45, 2.75) is 13.8 Å². The van der Waals surface area contributed by atoms with Crippen molar-refractivity contribution < 1.29 is 0 Å². The van der Waals surface area contributed by atoms with Crippen molar-refractivity contribution in [3.05, 3.63) is 59.7 Å². The molecular weight excluding hydrogens is 244 g/mol. The van der Waals surface area contributed by atoms with Crippen molar-refractivity contribution >= 4 is 11.4 Å². The zero-order valence-corrected chi connectivity index (χ0v) is 13.5. The lowest BCUT2D eigenvalue weighted by molar-refractivity contribution is 1.11. The Labute approximate surface area is 123 Å². The number of nitrogens with zero attached hydrogens (tertiary/aromatic N) is 2. The molecule has 2 rings (SSSR count). The topological polar surface area (TPSA) is 6.48 Å².